The summed E-state index contributed by atoms with van der Waals surface area (Å²) >= 11 is 5.75. The molecule has 1 aliphatic carbocycles. The van der Waals surface area contributed by atoms with Gasteiger partial charge in [-0.2, -0.15) is 0 Å². The third-order valence-electron chi connectivity index (χ3n) is 2.41. The number of halogens is 3. The van der Waals surface area contributed by atoms with E-state index in [1.807, 2.05) is 6.07 Å². The first-order valence-corrected chi connectivity index (χ1v) is 4.58. The van der Waals surface area contributed by atoms with Crippen molar-refractivity contribution < 1.29 is 8.78 Å². The Bertz CT molecular complexity index is 314. The highest BCUT2D eigenvalue weighted by Gasteiger charge is 2.45. The van der Waals surface area contributed by atoms with Crippen LogP contribution in [0.15, 0.2) is 24.3 Å². The van der Waals surface area contributed by atoms with Crippen LogP contribution < -0.4 is 0 Å². The Morgan fingerprint density at radius 3 is 2.54 bits per heavy atom. The summed E-state index contributed by atoms with van der Waals surface area (Å²) in [5.41, 5.74) is 0.929. The first kappa shape index (κ1) is 8.95. The predicted octanol–water partition coefficient (Wildman–Crippen LogP) is 3.85. The Morgan fingerprint density at radius 1 is 1.31 bits per heavy atom. The van der Waals surface area contributed by atoms with Crippen LogP contribution in [0.3, 0.4) is 0 Å². The molecule has 0 heterocycles. The number of hydrogen-bond acceptors (Lipinski definition) is 0. The summed E-state index contributed by atoms with van der Waals surface area (Å²) in [6.07, 6.45) is -0.0688. The Kier molecular flexibility index (Phi) is 2.03. The molecule has 0 nitrogen and oxygen atoms in total. The van der Waals surface area contributed by atoms with Gasteiger partial charge in [0.25, 0.3) is 0 Å². The quantitative estimate of drug-likeness (QED) is 0.649. The zero-order valence-electron chi connectivity index (χ0n) is 6.93. The fourth-order valence-electron chi connectivity index (χ4n) is 1.66. The molecule has 0 N–H and O–H groups in total. The summed E-state index contributed by atoms with van der Waals surface area (Å²) in [6, 6.07) is 7.17. The lowest BCUT2D eigenvalue weighted by atomic mass is 9.77. The molecule has 0 saturated heterocycles. The van der Waals surface area contributed by atoms with Crippen molar-refractivity contribution in [3.8, 4) is 0 Å². The van der Waals surface area contributed by atoms with Crippen molar-refractivity contribution in [3.63, 3.8) is 0 Å². The second-order valence-electron chi connectivity index (χ2n) is 3.52. The zero-order valence-corrected chi connectivity index (χ0v) is 7.69. The summed E-state index contributed by atoms with van der Waals surface area (Å²) in [5, 5.41) is 0.618. The topological polar surface area (TPSA) is 0 Å². The second kappa shape index (κ2) is 2.95. The van der Waals surface area contributed by atoms with Crippen molar-refractivity contribution in [3.05, 3.63) is 34.9 Å². The largest absolute Gasteiger partial charge is 0.249 e. The van der Waals surface area contributed by atoms with E-state index in [-0.39, 0.29) is 18.8 Å². The predicted molar refractivity (Wildman–Crippen MR) is 48.4 cm³/mol. The van der Waals surface area contributed by atoms with Crippen molar-refractivity contribution in [2.75, 3.05) is 0 Å². The molecule has 1 fully saturated rings. The highest BCUT2D eigenvalue weighted by Crippen LogP contribution is 2.48. The van der Waals surface area contributed by atoms with Crippen LogP contribution in [0.5, 0.6) is 0 Å². The van der Waals surface area contributed by atoms with Crippen LogP contribution in [-0.4, -0.2) is 5.92 Å². The van der Waals surface area contributed by atoms with Gasteiger partial charge < -0.3 is 0 Å². The molecule has 0 amide bonds. The SMILES string of the molecule is FC1(F)CC(c2cccc(Cl)c2)C1. The monoisotopic (exact) mass is 202 g/mol. The minimum Gasteiger partial charge on any atom is -0.207 e. The summed E-state index contributed by atoms with van der Waals surface area (Å²) in [7, 11) is 0. The summed E-state index contributed by atoms with van der Waals surface area (Å²) in [4.78, 5) is 0. The maximum atomic E-state index is 12.5. The smallest absolute Gasteiger partial charge is 0.207 e. The molecule has 13 heavy (non-hydrogen) atoms. The van der Waals surface area contributed by atoms with Crippen molar-refractivity contribution >= 4 is 11.6 Å². The number of benzene rings is 1. The van der Waals surface area contributed by atoms with Gasteiger partial charge in [-0.1, -0.05) is 23.7 Å². The van der Waals surface area contributed by atoms with E-state index in [0.717, 1.165) is 5.56 Å². The maximum absolute atomic E-state index is 12.5. The lowest BCUT2D eigenvalue weighted by Crippen LogP contribution is -2.33. The van der Waals surface area contributed by atoms with E-state index in [4.69, 9.17) is 11.6 Å². The lowest BCUT2D eigenvalue weighted by molar-refractivity contribution is -0.0867. The Hall–Kier alpha value is -0.630. The minimum atomic E-state index is -2.45. The first-order chi connectivity index (χ1) is 6.07. The van der Waals surface area contributed by atoms with Crippen LogP contribution in [0.2, 0.25) is 5.02 Å². The van der Waals surface area contributed by atoms with Gasteiger partial charge in [0.1, 0.15) is 0 Å². The Balaban J connectivity index is 2.11. The first-order valence-electron chi connectivity index (χ1n) is 4.20. The summed E-state index contributed by atoms with van der Waals surface area (Å²) in [6.45, 7) is 0. The lowest BCUT2D eigenvalue weighted by Gasteiger charge is -2.35. The van der Waals surface area contributed by atoms with Crippen molar-refractivity contribution in [2.45, 2.75) is 24.7 Å². The normalized spacial score (nSPS) is 21.2. The van der Waals surface area contributed by atoms with E-state index in [1.54, 1.807) is 18.2 Å². The molecular weight excluding hydrogens is 194 g/mol. The van der Waals surface area contributed by atoms with E-state index >= 15 is 0 Å². The number of rotatable bonds is 1. The van der Waals surface area contributed by atoms with Crippen LogP contribution in [0, 0.1) is 0 Å². The highest BCUT2D eigenvalue weighted by atomic mass is 35.5. The fraction of sp³-hybridized carbons (Fsp3) is 0.400. The summed E-state index contributed by atoms with van der Waals surface area (Å²) in [5.74, 6) is -2.46. The molecule has 70 valence electrons. The molecule has 0 unspecified atom stereocenters. The van der Waals surface area contributed by atoms with Crippen molar-refractivity contribution in [2.24, 2.45) is 0 Å². The molecule has 3 heteroatoms. The minimum absolute atomic E-state index is 0.00583. The summed E-state index contributed by atoms with van der Waals surface area (Å²) < 4.78 is 25.1. The van der Waals surface area contributed by atoms with E-state index in [0.29, 0.717) is 5.02 Å². The van der Waals surface area contributed by atoms with Gasteiger partial charge >= 0.3 is 0 Å². The van der Waals surface area contributed by atoms with Gasteiger partial charge in [0, 0.05) is 17.9 Å². The van der Waals surface area contributed by atoms with E-state index in [2.05, 4.69) is 0 Å². The van der Waals surface area contributed by atoms with Gasteiger partial charge in [-0.3, -0.25) is 0 Å². The van der Waals surface area contributed by atoms with Gasteiger partial charge in [0.05, 0.1) is 0 Å². The standard InChI is InChI=1S/C10H9ClF2/c11-9-3-1-2-7(4-9)8-5-10(12,13)6-8/h1-4,8H,5-6H2. The molecule has 0 aliphatic heterocycles. The maximum Gasteiger partial charge on any atom is 0.249 e. The van der Waals surface area contributed by atoms with Crippen LogP contribution in [0.4, 0.5) is 8.78 Å². The van der Waals surface area contributed by atoms with Crippen molar-refractivity contribution in [1.82, 2.24) is 0 Å². The van der Waals surface area contributed by atoms with Gasteiger partial charge in [-0.15, -0.1) is 0 Å². The van der Waals surface area contributed by atoms with Crippen LogP contribution in [0.1, 0.15) is 24.3 Å². The average molecular weight is 203 g/mol. The molecule has 0 aromatic heterocycles. The van der Waals surface area contributed by atoms with E-state index in [1.165, 1.54) is 0 Å². The molecule has 0 atom stereocenters. The average Bonchev–Trinajstić information content (AvgIpc) is 2.00. The van der Waals surface area contributed by atoms with Gasteiger partial charge in [-0.25, -0.2) is 8.78 Å². The molecule has 0 radical (unpaired) electrons. The van der Waals surface area contributed by atoms with Crippen LogP contribution in [-0.2, 0) is 0 Å². The zero-order chi connectivity index (χ0) is 9.47. The molecule has 1 aromatic rings. The number of alkyl halides is 2. The second-order valence-corrected chi connectivity index (χ2v) is 3.95. The number of hydrogen-bond donors (Lipinski definition) is 0. The van der Waals surface area contributed by atoms with E-state index in [9.17, 15) is 8.78 Å². The van der Waals surface area contributed by atoms with Gasteiger partial charge in [0.2, 0.25) is 5.92 Å². The van der Waals surface area contributed by atoms with Crippen molar-refractivity contribution in [1.29, 1.82) is 0 Å². The molecule has 1 aliphatic rings. The van der Waals surface area contributed by atoms with Crippen LogP contribution in [0.25, 0.3) is 0 Å². The molecule has 1 saturated carbocycles. The molecule has 0 bridgehead atoms. The molecule has 0 spiro atoms. The third-order valence-corrected chi connectivity index (χ3v) is 2.65. The molecular formula is C10H9ClF2. The molecule has 2 rings (SSSR count). The van der Waals surface area contributed by atoms with Crippen LogP contribution >= 0.6 is 11.6 Å². The highest BCUT2D eigenvalue weighted by molar-refractivity contribution is 6.30. The Morgan fingerprint density at radius 2 is 2.00 bits per heavy atom. The van der Waals surface area contributed by atoms with E-state index < -0.39 is 5.92 Å². The fourth-order valence-corrected chi connectivity index (χ4v) is 1.86. The molecule has 1 aromatic carbocycles. The van der Waals surface area contributed by atoms with Gasteiger partial charge in [0.15, 0.2) is 0 Å². The third kappa shape index (κ3) is 1.83. The van der Waals surface area contributed by atoms with Gasteiger partial charge in [-0.05, 0) is 23.6 Å². The Labute approximate surface area is 80.5 Å².